The minimum atomic E-state index is -0.168. The highest BCUT2D eigenvalue weighted by molar-refractivity contribution is 6.04. The maximum Gasteiger partial charge on any atom is 0.255 e. The third-order valence-corrected chi connectivity index (χ3v) is 3.60. The summed E-state index contributed by atoms with van der Waals surface area (Å²) in [6.07, 6.45) is 1.50. The van der Waals surface area contributed by atoms with Crippen molar-refractivity contribution in [2.45, 2.75) is 6.92 Å². The number of tetrazole rings is 1. The van der Waals surface area contributed by atoms with Crippen LogP contribution in [-0.4, -0.2) is 26.5 Å². The van der Waals surface area contributed by atoms with Crippen LogP contribution in [0, 0.1) is 18.3 Å². The number of nitrogens with zero attached hydrogens (tertiary/aromatic N) is 4. The van der Waals surface area contributed by atoms with Crippen molar-refractivity contribution >= 4 is 22.9 Å². The van der Waals surface area contributed by atoms with Crippen LogP contribution in [0.5, 0.6) is 0 Å². The molecule has 0 bridgehead atoms. The van der Waals surface area contributed by atoms with E-state index in [0.29, 0.717) is 11.3 Å². The fourth-order valence-corrected chi connectivity index (χ4v) is 2.26. The molecule has 1 amide bonds. The quantitative estimate of drug-likeness (QED) is 0.612. The fourth-order valence-electron chi connectivity index (χ4n) is 2.26. The number of carbonyl (C=O) groups excluding carboxylic acids is 1. The Balaban J connectivity index is 1.72. The topological polar surface area (TPSA) is 119 Å². The van der Waals surface area contributed by atoms with Gasteiger partial charge < -0.3 is 10.6 Å². The molecular weight excluding hydrogens is 330 g/mol. The van der Waals surface area contributed by atoms with Crippen molar-refractivity contribution in [3.8, 4) is 6.07 Å². The number of aryl methyl sites for hydroxylation is 1. The largest absolute Gasteiger partial charge is 0.360 e. The highest BCUT2D eigenvalue weighted by Crippen LogP contribution is 2.21. The van der Waals surface area contributed by atoms with Crippen molar-refractivity contribution in [1.82, 2.24) is 20.6 Å². The Morgan fingerprint density at radius 1 is 1.23 bits per heavy atom. The van der Waals surface area contributed by atoms with Crippen LogP contribution in [0.2, 0.25) is 0 Å². The van der Waals surface area contributed by atoms with Crippen molar-refractivity contribution in [2.24, 2.45) is 0 Å². The Labute approximate surface area is 149 Å². The Bertz CT molecular complexity index is 973. The van der Waals surface area contributed by atoms with Gasteiger partial charge in [-0.15, -0.1) is 10.2 Å². The van der Waals surface area contributed by atoms with Crippen LogP contribution < -0.4 is 10.6 Å². The maximum atomic E-state index is 12.2. The highest BCUT2D eigenvalue weighted by Gasteiger charge is 2.08. The zero-order valence-corrected chi connectivity index (χ0v) is 13.9. The summed E-state index contributed by atoms with van der Waals surface area (Å²) in [4.78, 5) is 12.2. The predicted octanol–water partition coefficient (Wildman–Crippen LogP) is 2.74. The molecule has 0 spiro atoms. The molecule has 8 heteroatoms. The van der Waals surface area contributed by atoms with E-state index in [1.54, 1.807) is 24.3 Å². The summed E-state index contributed by atoms with van der Waals surface area (Å²) in [5.41, 5.74) is 3.20. The molecule has 8 nitrogen and oxygen atoms in total. The number of hydrogen-bond acceptors (Lipinski definition) is 6. The Hall–Kier alpha value is -3.99. The van der Waals surface area contributed by atoms with E-state index in [1.807, 2.05) is 37.3 Å². The number of rotatable bonds is 5. The minimum Gasteiger partial charge on any atom is -0.360 e. The zero-order valence-electron chi connectivity index (χ0n) is 13.9. The van der Waals surface area contributed by atoms with Gasteiger partial charge in [0, 0.05) is 23.1 Å². The summed E-state index contributed by atoms with van der Waals surface area (Å²) in [5, 5.41) is 28.3. The van der Waals surface area contributed by atoms with Gasteiger partial charge in [-0.1, -0.05) is 18.2 Å². The highest BCUT2D eigenvalue weighted by atomic mass is 16.1. The first-order valence-electron chi connectivity index (χ1n) is 7.75. The lowest BCUT2D eigenvalue weighted by Gasteiger charge is -2.10. The standard InChI is InChI=1S/C18H15N7O/c1-12-9-15(20-11-14(10-19)17-22-24-25-23-17)7-8-16(12)21-18(26)13-5-3-2-4-6-13/h2-9,11,20H,1H3,(H,21,26)(H,22,23,24,25). The summed E-state index contributed by atoms with van der Waals surface area (Å²) in [5.74, 6) is 0.0432. The van der Waals surface area contributed by atoms with Gasteiger partial charge in [0.15, 0.2) is 0 Å². The molecule has 26 heavy (non-hydrogen) atoms. The molecule has 2 aromatic carbocycles. The predicted molar refractivity (Wildman–Crippen MR) is 97.0 cm³/mol. The molecule has 0 atom stereocenters. The molecule has 0 saturated heterocycles. The van der Waals surface area contributed by atoms with Crippen molar-refractivity contribution in [2.75, 3.05) is 10.6 Å². The van der Waals surface area contributed by atoms with E-state index >= 15 is 0 Å². The second-order valence-electron chi connectivity index (χ2n) is 5.40. The number of carbonyl (C=O) groups is 1. The molecule has 3 rings (SSSR count). The van der Waals surface area contributed by atoms with E-state index < -0.39 is 0 Å². The third-order valence-electron chi connectivity index (χ3n) is 3.60. The molecule has 1 aromatic heterocycles. The van der Waals surface area contributed by atoms with Crippen LogP contribution in [0.3, 0.4) is 0 Å². The van der Waals surface area contributed by atoms with Crippen molar-refractivity contribution in [1.29, 1.82) is 5.26 Å². The van der Waals surface area contributed by atoms with E-state index in [0.717, 1.165) is 11.3 Å². The normalized spacial score (nSPS) is 10.8. The number of allylic oxidation sites excluding steroid dienone is 1. The summed E-state index contributed by atoms with van der Waals surface area (Å²) in [7, 11) is 0. The number of aromatic nitrogens is 4. The van der Waals surface area contributed by atoms with Gasteiger partial charge >= 0.3 is 0 Å². The van der Waals surface area contributed by atoms with Gasteiger partial charge in [0.05, 0.1) is 0 Å². The number of H-pyrrole nitrogens is 1. The number of anilines is 2. The molecule has 0 saturated carbocycles. The van der Waals surface area contributed by atoms with E-state index in [9.17, 15) is 4.79 Å². The fraction of sp³-hybridized carbons (Fsp3) is 0.0556. The monoisotopic (exact) mass is 345 g/mol. The van der Waals surface area contributed by atoms with Gasteiger partial charge in [-0.05, 0) is 48.0 Å². The van der Waals surface area contributed by atoms with E-state index in [-0.39, 0.29) is 17.3 Å². The lowest BCUT2D eigenvalue weighted by Crippen LogP contribution is -2.12. The van der Waals surface area contributed by atoms with Crippen molar-refractivity contribution in [3.05, 3.63) is 71.7 Å². The second-order valence-corrected chi connectivity index (χ2v) is 5.40. The summed E-state index contributed by atoms with van der Waals surface area (Å²) in [6.45, 7) is 1.89. The second kappa shape index (κ2) is 7.72. The summed E-state index contributed by atoms with van der Waals surface area (Å²) >= 11 is 0. The molecule has 1 heterocycles. The molecule has 3 aromatic rings. The van der Waals surface area contributed by atoms with Gasteiger partial charge in [-0.25, -0.2) is 0 Å². The SMILES string of the molecule is Cc1cc(NC=C(C#N)c2nn[nH]n2)ccc1NC(=O)c1ccccc1. The molecule has 128 valence electrons. The molecule has 0 unspecified atom stereocenters. The molecule has 0 fully saturated rings. The lowest BCUT2D eigenvalue weighted by atomic mass is 10.1. The number of nitrogens with one attached hydrogen (secondary N) is 3. The van der Waals surface area contributed by atoms with Crippen LogP contribution in [0.25, 0.3) is 5.57 Å². The van der Waals surface area contributed by atoms with E-state index in [2.05, 4.69) is 31.3 Å². The molecule has 3 N–H and O–H groups in total. The van der Waals surface area contributed by atoms with Crippen LogP contribution in [0.1, 0.15) is 21.7 Å². The third kappa shape index (κ3) is 3.91. The molecule has 0 aliphatic rings. The van der Waals surface area contributed by atoms with Crippen LogP contribution in [-0.2, 0) is 0 Å². The van der Waals surface area contributed by atoms with Crippen molar-refractivity contribution in [3.63, 3.8) is 0 Å². The van der Waals surface area contributed by atoms with E-state index in [4.69, 9.17) is 5.26 Å². The van der Waals surface area contributed by atoms with Crippen LogP contribution in [0.15, 0.2) is 54.7 Å². The molecule has 0 aliphatic carbocycles. The first-order chi connectivity index (χ1) is 12.7. The molecule has 0 radical (unpaired) electrons. The Morgan fingerprint density at radius 2 is 2.04 bits per heavy atom. The first kappa shape index (κ1) is 16.9. The number of nitriles is 1. The average molecular weight is 345 g/mol. The molecule has 0 aliphatic heterocycles. The number of amides is 1. The van der Waals surface area contributed by atoms with E-state index in [1.165, 1.54) is 6.20 Å². The number of benzene rings is 2. The Kier molecular flexibility index (Phi) is 5.00. The van der Waals surface area contributed by atoms with Gasteiger partial charge in [-0.3, -0.25) is 4.79 Å². The first-order valence-corrected chi connectivity index (χ1v) is 7.75. The smallest absolute Gasteiger partial charge is 0.255 e. The van der Waals surface area contributed by atoms with Gasteiger partial charge in [0.2, 0.25) is 5.82 Å². The van der Waals surface area contributed by atoms with Gasteiger partial charge in [-0.2, -0.15) is 10.5 Å². The van der Waals surface area contributed by atoms with Crippen LogP contribution >= 0.6 is 0 Å². The lowest BCUT2D eigenvalue weighted by molar-refractivity contribution is 0.102. The van der Waals surface area contributed by atoms with Gasteiger partial charge in [0.25, 0.3) is 5.91 Å². The number of aromatic amines is 1. The summed E-state index contributed by atoms with van der Waals surface area (Å²) in [6, 6.07) is 16.5. The molecular formula is C18H15N7O. The maximum absolute atomic E-state index is 12.2. The van der Waals surface area contributed by atoms with Crippen molar-refractivity contribution < 1.29 is 4.79 Å². The van der Waals surface area contributed by atoms with Crippen LogP contribution in [0.4, 0.5) is 11.4 Å². The summed E-state index contributed by atoms with van der Waals surface area (Å²) < 4.78 is 0. The zero-order chi connectivity index (χ0) is 18.4. The van der Waals surface area contributed by atoms with Gasteiger partial charge in [0.1, 0.15) is 11.6 Å². The average Bonchev–Trinajstić information content (AvgIpc) is 3.19. The minimum absolute atomic E-state index is 0.168. The number of hydrogen-bond donors (Lipinski definition) is 3. The Morgan fingerprint density at radius 3 is 2.69 bits per heavy atom.